The Balaban J connectivity index is 2.17. The standard InChI is InChI=1S/C15H25N5/c1-11(2)9-13(10-19(4)5)16-15-17-14-8-6-7-12(3)20(14)18-15/h6-8,11,13H,9-10H2,1-5H3,(H,16,18). The van der Waals surface area contributed by atoms with Gasteiger partial charge in [-0.05, 0) is 45.5 Å². The molecule has 1 unspecified atom stereocenters. The maximum atomic E-state index is 4.55. The van der Waals surface area contributed by atoms with Gasteiger partial charge in [0.05, 0.1) is 0 Å². The number of pyridine rings is 1. The molecule has 2 heterocycles. The van der Waals surface area contributed by atoms with Crippen molar-refractivity contribution in [2.24, 2.45) is 5.92 Å². The summed E-state index contributed by atoms with van der Waals surface area (Å²) in [4.78, 5) is 6.75. The third-order valence-corrected chi connectivity index (χ3v) is 3.22. The van der Waals surface area contributed by atoms with E-state index in [1.54, 1.807) is 0 Å². The Morgan fingerprint density at radius 1 is 1.30 bits per heavy atom. The van der Waals surface area contributed by atoms with Crippen LogP contribution in [0.25, 0.3) is 5.65 Å². The second-order valence-corrected chi connectivity index (χ2v) is 6.11. The first-order valence-electron chi connectivity index (χ1n) is 7.19. The quantitative estimate of drug-likeness (QED) is 0.879. The zero-order valence-corrected chi connectivity index (χ0v) is 13.1. The zero-order valence-electron chi connectivity index (χ0n) is 13.1. The first-order chi connectivity index (χ1) is 9.45. The van der Waals surface area contributed by atoms with Gasteiger partial charge in [-0.3, -0.25) is 0 Å². The minimum absolute atomic E-state index is 0.364. The fourth-order valence-corrected chi connectivity index (χ4v) is 2.47. The molecule has 2 aromatic rings. The van der Waals surface area contributed by atoms with Crippen molar-refractivity contribution in [2.75, 3.05) is 26.0 Å². The molecule has 5 nitrogen and oxygen atoms in total. The Labute approximate surface area is 121 Å². The van der Waals surface area contributed by atoms with Crippen molar-refractivity contribution in [2.45, 2.75) is 33.2 Å². The normalized spacial score (nSPS) is 13.3. The van der Waals surface area contributed by atoms with Crippen LogP contribution in [0.1, 0.15) is 26.0 Å². The number of aromatic nitrogens is 3. The predicted octanol–water partition coefficient (Wildman–Crippen LogP) is 2.43. The first kappa shape index (κ1) is 14.8. The average molecular weight is 275 g/mol. The number of hydrogen-bond acceptors (Lipinski definition) is 4. The Kier molecular flexibility index (Phi) is 4.60. The largest absolute Gasteiger partial charge is 0.349 e. The molecule has 2 rings (SSSR count). The van der Waals surface area contributed by atoms with E-state index >= 15 is 0 Å². The van der Waals surface area contributed by atoms with Crippen molar-refractivity contribution in [3.63, 3.8) is 0 Å². The van der Waals surface area contributed by atoms with E-state index in [1.807, 2.05) is 29.6 Å². The van der Waals surface area contributed by atoms with Crippen LogP contribution in [0.2, 0.25) is 0 Å². The summed E-state index contributed by atoms with van der Waals surface area (Å²) in [6, 6.07) is 6.39. The van der Waals surface area contributed by atoms with Crippen LogP contribution in [-0.2, 0) is 0 Å². The Hall–Kier alpha value is -1.62. The van der Waals surface area contributed by atoms with Gasteiger partial charge in [-0.25, -0.2) is 4.52 Å². The molecule has 5 heteroatoms. The molecule has 0 amide bonds. The van der Waals surface area contributed by atoms with Crippen molar-refractivity contribution < 1.29 is 0 Å². The molecule has 0 saturated heterocycles. The lowest BCUT2D eigenvalue weighted by molar-refractivity contribution is 0.355. The SMILES string of the molecule is Cc1cccc2nc(NC(CC(C)C)CN(C)C)nn12. The molecule has 2 aromatic heterocycles. The molecule has 0 aliphatic carbocycles. The van der Waals surface area contributed by atoms with E-state index in [4.69, 9.17) is 0 Å². The van der Waals surface area contributed by atoms with E-state index in [1.165, 1.54) is 0 Å². The van der Waals surface area contributed by atoms with Gasteiger partial charge in [0.1, 0.15) is 0 Å². The molecule has 0 bridgehead atoms. The molecule has 0 spiro atoms. The molecular weight excluding hydrogens is 250 g/mol. The predicted molar refractivity (Wildman–Crippen MR) is 83.1 cm³/mol. The minimum atomic E-state index is 0.364. The molecule has 1 atom stereocenters. The molecule has 0 aromatic carbocycles. The van der Waals surface area contributed by atoms with Gasteiger partial charge in [0.15, 0.2) is 5.65 Å². The summed E-state index contributed by atoms with van der Waals surface area (Å²) < 4.78 is 1.88. The summed E-state index contributed by atoms with van der Waals surface area (Å²) in [6.07, 6.45) is 1.10. The zero-order chi connectivity index (χ0) is 14.7. The van der Waals surface area contributed by atoms with Gasteiger partial charge in [0.2, 0.25) is 5.95 Å². The number of rotatable bonds is 6. The Morgan fingerprint density at radius 2 is 2.05 bits per heavy atom. The maximum absolute atomic E-state index is 4.55. The molecule has 0 aliphatic heterocycles. The molecule has 0 radical (unpaired) electrons. The fourth-order valence-electron chi connectivity index (χ4n) is 2.47. The summed E-state index contributed by atoms with van der Waals surface area (Å²) in [7, 11) is 4.19. The molecule has 0 fully saturated rings. The van der Waals surface area contributed by atoms with Crippen LogP contribution >= 0.6 is 0 Å². The van der Waals surface area contributed by atoms with Crippen molar-refractivity contribution in [3.8, 4) is 0 Å². The molecule has 0 saturated carbocycles. The van der Waals surface area contributed by atoms with Gasteiger partial charge in [0.25, 0.3) is 0 Å². The highest BCUT2D eigenvalue weighted by Crippen LogP contribution is 2.13. The molecule has 110 valence electrons. The maximum Gasteiger partial charge on any atom is 0.243 e. The van der Waals surface area contributed by atoms with Gasteiger partial charge >= 0.3 is 0 Å². The number of fused-ring (bicyclic) bond motifs is 1. The van der Waals surface area contributed by atoms with Crippen LogP contribution in [0.5, 0.6) is 0 Å². The van der Waals surface area contributed by atoms with Crippen molar-refractivity contribution >= 4 is 11.6 Å². The van der Waals surface area contributed by atoms with E-state index in [2.05, 4.69) is 48.2 Å². The van der Waals surface area contributed by atoms with E-state index in [0.717, 1.165) is 24.3 Å². The highest BCUT2D eigenvalue weighted by molar-refractivity contribution is 5.44. The average Bonchev–Trinajstić information content (AvgIpc) is 2.71. The fraction of sp³-hybridized carbons (Fsp3) is 0.600. The van der Waals surface area contributed by atoms with Crippen LogP contribution in [0.4, 0.5) is 5.95 Å². The highest BCUT2D eigenvalue weighted by Gasteiger charge is 2.14. The Bertz CT molecular complexity index is 548. The molecule has 1 N–H and O–H groups in total. The van der Waals surface area contributed by atoms with Crippen LogP contribution in [-0.4, -0.2) is 46.2 Å². The Morgan fingerprint density at radius 3 is 2.65 bits per heavy atom. The third-order valence-electron chi connectivity index (χ3n) is 3.22. The van der Waals surface area contributed by atoms with E-state index in [9.17, 15) is 0 Å². The number of hydrogen-bond donors (Lipinski definition) is 1. The van der Waals surface area contributed by atoms with E-state index in [-0.39, 0.29) is 0 Å². The molecule has 0 aliphatic rings. The second kappa shape index (κ2) is 6.22. The number of nitrogens with one attached hydrogen (secondary N) is 1. The summed E-state index contributed by atoms with van der Waals surface area (Å²) >= 11 is 0. The van der Waals surface area contributed by atoms with Gasteiger partial charge in [-0.1, -0.05) is 19.9 Å². The van der Waals surface area contributed by atoms with Crippen molar-refractivity contribution in [1.82, 2.24) is 19.5 Å². The third kappa shape index (κ3) is 3.70. The highest BCUT2D eigenvalue weighted by atomic mass is 15.4. The van der Waals surface area contributed by atoms with Crippen LogP contribution < -0.4 is 5.32 Å². The van der Waals surface area contributed by atoms with Crippen LogP contribution in [0.3, 0.4) is 0 Å². The number of anilines is 1. The monoisotopic (exact) mass is 275 g/mol. The van der Waals surface area contributed by atoms with Crippen LogP contribution in [0, 0.1) is 12.8 Å². The van der Waals surface area contributed by atoms with Crippen LogP contribution in [0.15, 0.2) is 18.2 Å². The van der Waals surface area contributed by atoms with Crippen molar-refractivity contribution in [3.05, 3.63) is 23.9 Å². The van der Waals surface area contributed by atoms with Gasteiger partial charge < -0.3 is 10.2 Å². The lowest BCUT2D eigenvalue weighted by Crippen LogP contribution is -2.33. The lowest BCUT2D eigenvalue weighted by atomic mass is 10.0. The lowest BCUT2D eigenvalue weighted by Gasteiger charge is -2.23. The number of nitrogens with zero attached hydrogens (tertiary/aromatic N) is 4. The summed E-state index contributed by atoms with van der Waals surface area (Å²) in [5.41, 5.74) is 1.98. The van der Waals surface area contributed by atoms with E-state index in [0.29, 0.717) is 17.9 Å². The summed E-state index contributed by atoms with van der Waals surface area (Å²) in [5.74, 6) is 1.36. The minimum Gasteiger partial charge on any atom is -0.349 e. The van der Waals surface area contributed by atoms with E-state index < -0.39 is 0 Å². The van der Waals surface area contributed by atoms with Gasteiger partial charge in [0, 0.05) is 18.3 Å². The topological polar surface area (TPSA) is 45.5 Å². The van der Waals surface area contributed by atoms with Gasteiger partial charge in [-0.15, -0.1) is 5.10 Å². The molecular formula is C15H25N5. The first-order valence-corrected chi connectivity index (χ1v) is 7.19. The number of aryl methyl sites for hydroxylation is 1. The number of likely N-dealkylation sites (N-methyl/N-ethyl adjacent to an activating group) is 1. The molecule has 20 heavy (non-hydrogen) atoms. The summed E-state index contributed by atoms with van der Waals surface area (Å²) in [5, 5.41) is 8.02. The summed E-state index contributed by atoms with van der Waals surface area (Å²) in [6.45, 7) is 7.50. The van der Waals surface area contributed by atoms with Crippen molar-refractivity contribution in [1.29, 1.82) is 0 Å². The van der Waals surface area contributed by atoms with Gasteiger partial charge in [-0.2, -0.15) is 4.98 Å². The second-order valence-electron chi connectivity index (χ2n) is 6.11. The smallest absolute Gasteiger partial charge is 0.243 e.